The van der Waals surface area contributed by atoms with E-state index in [0.717, 1.165) is 12.8 Å². The van der Waals surface area contributed by atoms with Crippen LogP contribution in [-0.2, 0) is 14.3 Å². The molecule has 0 saturated heterocycles. The summed E-state index contributed by atoms with van der Waals surface area (Å²) in [7, 11) is 0. The van der Waals surface area contributed by atoms with Crippen LogP contribution in [-0.4, -0.2) is 30.6 Å². The fourth-order valence-electron chi connectivity index (χ4n) is 2.23. The number of carbonyl (C=O) groups is 2. The van der Waals surface area contributed by atoms with Crippen molar-refractivity contribution in [1.29, 1.82) is 0 Å². The van der Waals surface area contributed by atoms with Crippen molar-refractivity contribution in [1.82, 2.24) is 5.32 Å². The summed E-state index contributed by atoms with van der Waals surface area (Å²) < 4.78 is 4.71. The molecule has 1 aliphatic rings. The molecule has 5 heteroatoms. The maximum atomic E-state index is 11.7. The van der Waals surface area contributed by atoms with Crippen LogP contribution in [0, 0.1) is 5.92 Å². The van der Waals surface area contributed by atoms with Gasteiger partial charge in [-0.2, -0.15) is 0 Å². The molecule has 0 heterocycles. The Labute approximate surface area is 102 Å². The van der Waals surface area contributed by atoms with Crippen LogP contribution in [0.5, 0.6) is 0 Å². The van der Waals surface area contributed by atoms with Gasteiger partial charge in [-0.25, -0.2) is 4.79 Å². The summed E-state index contributed by atoms with van der Waals surface area (Å²) in [6.07, 6.45) is 4.70. The van der Waals surface area contributed by atoms with Crippen LogP contribution in [0.2, 0.25) is 0 Å². The molecule has 0 aromatic carbocycles. The second kappa shape index (κ2) is 6.59. The van der Waals surface area contributed by atoms with Crippen molar-refractivity contribution in [3.8, 4) is 0 Å². The predicted molar refractivity (Wildman–Crippen MR) is 64.2 cm³/mol. The molecule has 1 aliphatic carbocycles. The lowest BCUT2D eigenvalue weighted by Gasteiger charge is -2.21. The summed E-state index contributed by atoms with van der Waals surface area (Å²) in [4.78, 5) is 23.0. The normalized spacial score (nSPS) is 19.7. The SMILES string of the molecule is CCOC(=O)C(N)C(=O)N[C@@H](C)C1CCCC1. The maximum Gasteiger partial charge on any atom is 0.332 e. The summed E-state index contributed by atoms with van der Waals surface area (Å²) in [5.74, 6) is -0.597. The van der Waals surface area contributed by atoms with Crippen molar-refractivity contribution in [2.45, 2.75) is 51.6 Å². The number of hydrogen-bond acceptors (Lipinski definition) is 4. The van der Waals surface area contributed by atoms with Gasteiger partial charge in [0.25, 0.3) is 0 Å². The number of esters is 1. The molecule has 2 atom stereocenters. The first-order chi connectivity index (χ1) is 8.06. The zero-order valence-corrected chi connectivity index (χ0v) is 10.6. The number of carbonyl (C=O) groups excluding carboxylic acids is 2. The highest BCUT2D eigenvalue weighted by Gasteiger charge is 2.28. The first-order valence-electron chi connectivity index (χ1n) is 6.28. The first-order valence-corrected chi connectivity index (χ1v) is 6.28. The molecule has 0 aliphatic heterocycles. The van der Waals surface area contributed by atoms with Crippen LogP contribution in [0.25, 0.3) is 0 Å². The monoisotopic (exact) mass is 242 g/mol. The third-order valence-corrected chi connectivity index (χ3v) is 3.30. The van der Waals surface area contributed by atoms with Gasteiger partial charge in [0.1, 0.15) is 0 Å². The molecule has 0 radical (unpaired) electrons. The molecule has 1 fully saturated rings. The summed E-state index contributed by atoms with van der Waals surface area (Å²) in [6, 6.07) is -1.13. The van der Waals surface area contributed by atoms with Gasteiger partial charge in [-0.15, -0.1) is 0 Å². The number of nitrogens with one attached hydrogen (secondary N) is 1. The highest BCUT2D eigenvalue weighted by Crippen LogP contribution is 2.27. The molecular formula is C12H22N2O3. The van der Waals surface area contributed by atoms with Gasteiger partial charge in [-0.05, 0) is 32.6 Å². The summed E-state index contributed by atoms with van der Waals surface area (Å²) >= 11 is 0. The number of nitrogens with two attached hydrogens (primary N) is 1. The van der Waals surface area contributed by atoms with Crippen molar-refractivity contribution in [2.24, 2.45) is 11.7 Å². The zero-order chi connectivity index (χ0) is 12.8. The Morgan fingerprint density at radius 1 is 1.41 bits per heavy atom. The van der Waals surface area contributed by atoms with Gasteiger partial charge in [-0.1, -0.05) is 12.8 Å². The van der Waals surface area contributed by atoms with E-state index in [1.165, 1.54) is 12.8 Å². The smallest absolute Gasteiger partial charge is 0.332 e. The number of hydrogen-bond donors (Lipinski definition) is 2. The summed E-state index contributed by atoms with van der Waals surface area (Å²) in [5.41, 5.74) is 5.51. The van der Waals surface area contributed by atoms with E-state index in [4.69, 9.17) is 10.5 Å². The topological polar surface area (TPSA) is 81.4 Å². The zero-order valence-electron chi connectivity index (χ0n) is 10.6. The highest BCUT2D eigenvalue weighted by molar-refractivity contribution is 6.01. The molecule has 98 valence electrons. The lowest BCUT2D eigenvalue weighted by molar-refractivity contribution is -0.148. The maximum absolute atomic E-state index is 11.7. The van der Waals surface area contributed by atoms with Crippen LogP contribution in [0.1, 0.15) is 39.5 Å². The largest absolute Gasteiger partial charge is 0.464 e. The van der Waals surface area contributed by atoms with Crippen LogP contribution in [0.15, 0.2) is 0 Å². The third kappa shape index (κ3) is 4.00. The Morgan fingerprint density at radius 3 is 2.53 bits per heavy atom. The Bertz CT molecular complexity index is 275. The lowest BCUT2D eigenvalue weighted by Crippen LogP contribution is -2.50. The van der Waals surface area contributed by atoms with Crippen molar-refractivity contribution < 1.29 is 14.3 Å². The number of rotatable bonds is 5. The molecule has 5 nitrogen and oxygen atoms in total. The highest BCUT2D eigenvalue weighted by atomic mass is 16.5. The molecule has 1 rings (SSSR count). The van der Waals surface area contributed by atoms with Crippen LogP contribution in [0.4, 0.5) is 0 Å². The molecule has 1 amide bonds. The van der Waals surface area contributed by atoms with Gasteiger partial charge < -0.3 is 15.8 Å². The fraction of sp³-hybridized carbons (Fsp3) is 0.833. The van der Waals surface area contributed by atoms with Crippen molar-refractivity contribution in [3.05, 3.63) is 0 Å². The van der Waals surface area contributed by atoms with Crippen LogP contribution < -0.4 is 11.1 Å². The van der Waals surface area contributed by atoms with E-state index in [1.807, 2.05) is 6.92 Å². The van der Waals surface area contributed by atoms with E-state index in [9.17, 15) is 9.59 Å². The van der Waals surface area contributed by atoms with E-state index in [1.54, 1.807) is 6.92 Å². The Morgan fingerprint density at radius 2 is 2.00 bits per heavy atom. The van der Waals surface area contributed by atoms with Crippen molar-refractivity contribution in [3.63, 3.8) is 0 Å². The van der Waals surface area contributed by atoms with Gasteiger partial charge >= 0.3 is 5.97 Å². The third-order valence-electron chi connectivity index (χ3n) is 3.30. The molecule has 1 saturated carbocycles. The van der Waals surface area contributed by atoms with Gasteiger partial charge in [0.05, 0.1) is 6.61 Å². The minimum atomic E-state index is -1.21. The Balaban J connectivity index is 2.39. The van der Waals surface area contributed by atoms with E-state index >= 15 is 0 Å². The predicted octanol–water partition coefficient (Wildman–Crippen LogP) is 0.572. The minimum absolute atomic E-state index is 0.0745. The quantitative estimate of drug-likeness (QED) is 0.545. The second-order valence-electron chi connectivity index (χ2n) is 4.57. The summed E-state index contributed by atoms with van der Waals surface area (Å²) in [5, 5.41) is 2.80. The molecule has 1 unspecified atom stereocenters. The average molecular weight is 242 g/mol. The molecular weight excluding hydrogens is 220 g/mol. The van der Waals surface area contributed by atoms with Crippen molar-refractivity contribution >= 4 is 11.9 Å². The Hall–Kier alpha value is -1.10. The average Bonchev–Trinajstić information content (AvgIpc) is 2.81. The standard InChI is InChI=1S/C12H22N2O3/c1-3-17-12(16)10(13)11(15)14-8(2)9-6-4-5-7-9/h8-10H,3-7,13H2,1-2H3,(H,14,15)/t8-,10?/m0/s1. The molecule has 3 N–H and O–H groups in total. The molecule has 17 heavy (non-hydrogen) atoms. The second-order valence-corrected chi connectivity index (χ2v) is 4.57. The molecule has 0 aromatic rings. The van der Waals surface area contributed by atoms with Crippen LogP contribution in [0.3, 0.4) is 0 Å². The minimum Gasteiger partial charge on any atom is -0.464 e. The Kier molecular flexibility index (Phi) is 5.41. The number of ether oxygens (including phenoxy) is 1. The van der Waals surface area contributed by atoms with Gasteiger partial charge in [-0.3, -0.25) is 4.79 Å². The molecule has 0 aromatic heterocycles. The molecule has 0 bridgehead atoms. The van der Waals surface area contributed by atoms with E-state index in [0.29, 0.717) is 5.92 Å². The van der Waals surface area contributed by atoms with Gasteiger partial charge in [0.2, 0.25) is 5.91 Å². The van der Waals surface area contributed by atoms with Crippen molar-refractivity contribution in [2.75, 3.05) is 6.61 Å². The molecule has 0 spiro atoms. The first kappa shape index (κ1) is 14.0. The van der Waals surface area contributed by atoms with E-state index in [2.05, 4.69) is 5.32 Å². The van der Waals surface area contributed by atoms with Crippen LogP contribution >= 0.6 is 0 Å². The van der Waals surface area contributed by atoms with Gasteiger partial charge in [0.15, 0.2) is 6.04 Å². The fourth-order valence-corrected chi connectivity index (χ4v) is 2.23. The lowest BCUT2D eigenvalue weighted by atomic mass is 9.99. The van der Waals surface area contributed by atoms with Gasteiger partial charge in [0, 0.05) is 6.04 Å². The summed E-state index contributed by atoms with van der Waals surface area (Å²) in [6.45, 7) is 3.88. The van der Waals surface area contributed by atoms with E-state index < -0.39 is 17.9 Å². The number of amides is 1. The van der Waals surface area contributed by atoms with E-state index in [-0.39, 0.29) is 12.6 Å².